The van der Waals surface area contributed by atoms with Crippen molar-refractivity contribution in [3.63, 3.8) is 0 Å². The number of benzene rings is 14. The van der Waals surface area contributed by atoms with Gasteiger partial charge in [0.05, 0.1) is 34.4 Å². The molecular formula is C77H42FN3O2S2. The zero-order valence-electron chi connectivity index (χ0n) is 45.1. The van der Waals surface area contributed by atoms with Gasteiger partial charge in [-0.3, -0.25) is 0 Å². The highest BCUT2D eigenvalue weighted by Gasteiger charge is 2.26. The van der Waals surface area contributed by atoms with Gasteiger partial charge in [-0.15, -0.1) is 22.7 Å². The van der Waals surface area contributed by atoms with Gasteiger partial charge in [-0.2, -0.15) is 5.26 Å². The van der Waals surface area contributed by atoms with Crippen LogP contribution >= 0.6 is 22.7 Å². The lowest BCUT2D eigenvalue weighted by Gasteiger charge is -2.27. The van der Waals surface area contributed by atoms with Crippen LogP contribution in [0.4, 0.5) is 38.5 Å². The molecule has 4 heterocycles. The maximum absolute atomic E-state index is 14.7. The van der Waals surface area contributed by atoms with Crippen LogP contribution in [0, 0.1) is 17.1 Å². The van der Waals surface area contributed by atoms with Crippen molar-refractivity contribution in [1.82, 2.24) is 0 Å². The van der Waals surface area contributed by atoms with Crippen molar-refractivity contribution in [3.8, 4) is 17.2 Å². The highest BCUT2D eigenvalue weighted by Crippen LogP contribution is 2.52. The van der Waals surface area contributed by atoms with E-state index >= 15 is 0 Å². The van der Waals surface area contributed by atoms with Gasteiger partial charge in [0.2, 0.25) is 0 Å². The van der Waals surface area contributed by atoms with E-state index in [0.717, 1.165) is 121 Å². The number of halogens is 1. The Kier molecular flexibility index (Phi) is 10.3. The molecule has 0 radical (unpaired) electrons. The van der Waals surface area contributed by atoms with E-state index in [9.17, 15) is 9.65 Å². The van der Waals surface area contributed by atoms with E-state index in [-0.39, 0.29) is 5.82 Å². The number of hydrogen-bond donors (Lipinski definition) is 0. The second-order valence-electron chi connectivity index (χ2n) is 22.0. The van der Waals surface area contributed by atoms with Crippen molar-refractivity contribution in [2.24, 2.45) is 0 Å². The maximum Gasteiger partial charge on any atom is 0.159 e. The largest absolute Gasteiger partial charge is 0.454 e. The molecule has 8 heteroatoms. The van der Waals surface area contributed by atoms with Gasteiger partial charge < -0.3 is 18.6 Å². The van der Waals surface area contributed by atoms with Crippen LogP contribution in [0.5, 0.6) is 0 Å². The van der Waals surface area contributed by atoms with Crippen LogP contribution in [-0.2, 0) is 0 Å². The zero-order chi connectivity index (χ0) is 56.0. The number of nitriles is 1. The summed E-state index contributed by atoms with van der Waals surface area (Å²) >= 11 is 3.62. The molecule has 0 unspecified atom stereocenters. The summed E-state index contributed by atoms with van der Waals surface area (Å²) in [5.74, 6) is -0.292. The van der Waals surface area contributed by atoms with E-state index in [2.05, 4.69) is 204 Å². The standard InChI is InChI=1S/C77H42FN3O2S2/c78-51-28-32-53(33-29-51)81(64-20-9-18-59-56-15-7-8-22-68(56)82-76(59)64)67-42-73-75(58-17-6-4-14-55(58)67)63-38-49-26-25-47(35-50(49)40-71(63)85-73)48-27-34-69-61(36-48)60-19-10-21-65(77(60)83-69)80(52-30-23-44(43-79)24-31-52)66-41-72-74(57-16-5-3-13-54(57)66)62-37-45-11-1-2-12-46(45)39-70(62)84-72/h1-42H. The Labute approximate surface area is 492 Å². The van der Waals surface area contributed by atoms with Crippen molar-refractivity contribution in [3.05, 3.63) is 266 Å². The van der Waals surface area contributed by atoms with E-state index in [1.807, 2.05) is 65.9 Å². The predicted molar refractivity (Wildman–Crippen MR) is 356 cm³/mol. The molecule has 0 amide bonds. The highest BCUT2D eigenvalue weighted by molar-refractivity contribution is 7.26. The first-order valence-electron chi connectivity index (χ1n) is 28.3. The van der Waals surface area contributed by atoms with Crippen LogP contribution in [-0.4, -0.2) is 0 Å². The molecule has 18 aromatic rings. The molecule has 0 atom stereocenters. The van der Waals surface area contributed by atoms with Crippen LogP contribution in [0.25, 0.3) is 138 Å². The topological polar surface area (TPSA) is 56.6 Å². The number of hydrogen-bond acceptors (Lipinski definition) is 7. The van der Waals surface area contributed by atoms with Crippen molar-refractivity contribution >= 4 is 184 Å². The number of nitrogens with zero attached hydrogens (tertiary/aromatic N) is 3. The molecule has 85 heavy (non-hydrogen) atoms. The van der Waals surface area contributed by atoms with Gasteiger partial charge in [-0.1, -0.05) is 133 Å². The summed E-state index contributed by atoms with van der Waals surface area (Å²) in [6.45, 7) is 0. The lowest BCUT2D eigenvalue weighted by atomic mass is 9.97. The smallest absolute Gasteiger partial charge is 0.159 e. The van der Waals surface area contributed by atoms with Crippen LogP contribution in [0.2, 0.25) is 0 Å². The van der Waals surface area contributed by atoms with Crippen molar-refractivity contribution in [1.29, 1.82) is 5.26 Å². The molecule has 0 fully saturated rings. The Balaban J connectivity index is 0.768. The fraction of sp³-hybridized carbons (Fsp3) is 0. The molecule has 0 aliphatic rings. The van der Waals surface area contributed by atoms with Gasteiger partial charge in [0, 0.05) is 84.0 Å². The second kappa shape index (κ2) is 18.3. The van der Waals surface area contributed by atoms with Crippen molar-refractivity contribution in [2.45, 2.75) is 0 Å². The number of thiophene rings is 2. The van der Waals surface area contributed by atoms with Gasteiger partial charge in [0.15, 0.2) is 11.2 Å². The minimum absolute atomic E-state index is 0.292. The Morgan fingerprint density at radius 3 is 1.41 bits per heavy atom. The minimum atomic E-state index is -0.292. The number of rotatable bonds is 7. The summed E-state index contributed by atoms with van der Waals surface area (Å²) in [4.78, 5) is 4.53. The van der Waals surface area contributed by atoms with Crippen LogP contribution in [0.3, 0.4) is 0 Å². The molecule has 0 N–H and O–H groups in total. The Bertz CT molecular complexity index is 5910. The monoisotopic (exact) mass is 1120 g/mol. The third-order valence-corrected chi connectivity index (χ3v) is 19.4. The summed E-state index contributed by atoms with van der Waals surface area (Å²) in [5, 5.41) is 28.2. The normalized spacial score (nSPS) is 12.0. The molecule has 0 saturated carbocycles. The SMILES string of the molecule is N#Cc1ccc(N(c2cc3sc4cc5ccccc5cc4c3c3ccccc23)c2cccc3c2oc2ccc(-c4ccc5cc6c(cc5c4)sc4cc(N(c5ccc(F)cc5)c5cccc7c5oc5ccccc57)c5ccccc5c46)cc23)cc1. The summed E-state index contributed by atoms with van der Waals surface area (Å²) < 4.78 is 33.2. The lowest BCUT2D eigenvalue weighted by Crippen LogP contribution is -2.11. The van der Waals surface area contributed by atoms with Gasteiger partial charge in [-0.25, -0.2) is 4.39 Å². The molecule has 5 nitrogen and oxygen atoms in total. The fourth-order valence-electron chi connectivity index (χ4n) is 13.4. The second-order valence-corrected chi connectivity index (χ2v) is 24.1. The summed E-state index contributed by atoms with van der Waals surface area (Å²) in [6.07, 6.45) is 0. The minimum Gasteiger partial charge on any atom is -0.454 e. The third-order valence-electron chi connectivity index (χ3n) is 17.2. The summed E-state index contributed by atoms with van der Waals surface area (Å²) in [7, 11) is 0. The van der Waals surface area contributed by atoms with Gasteiger partial charge >= 0.3 is 0 Å². The Hall–Kier alpha value is -10.8. The first-order valence-corrected chi connectivity index (χ1v) is 29.9. The third kappa shape index (κ3) is 7.31. The van der Waals surface area contributed by atoms with Crippen molar-refractivity contribution in [2.75, 3.05) is 9.80 Å². The highest BCUT2D eigenvalue weighted by atomic mass is 32.1. The molecule has 396 valence electrons. The maximum atomic E-state index is 14.7. The number of para-hydroxylation sites is 3. The van der Waals surface area contributed by atoms with Crippen LogP contribution in [0.1, 0.15) is 5.56 Å². The van der Waals surface area contributed by atoms with Gasteiger partial charge in [0.25, 0.3) is 0 Å². The van der Waals surface area contributed by atoms with E-state index in [1.165, 1.54) is 63.9 Å². The van der Waals surface area contributed by atoms with Crippen LogP contribution < -0.4 is 9.80 Å². The number of anilines is 6. The number of fused-ring (bicyclic) bond motifs is 18. The molecule has 0 saturated heterocycles. The first-order chi connectivity index (χ1) is 42.0. The van der Waals surface area contributed by atoms with E-state index in [1.54, 1.807) is 11.3 Å². The molecule has 0 aliphatic carbocycles. The first kappa shape index (κ1) is 47.8. The molecule has 14 aromatic carbocycles. The van der Waals surface area contributed by atoms with E-state index in [4.69, 9.17) is 8.83 Å². The molecular weight excluding hydrogens is 1080 g/mol. The molecule has 18 rings (SSSR count). The number of furan rings is 2. The Morgan fingerprint density at radius 1 is 0.329 bits per heavy atom. The summed E-state index contributed by atoms with van der Waals surface area (Å²) in [6, 6.07) is 91.1. The quantitative estimate of drug-likeness (QED) is 0.159. The molecule has 0 aliphatic heterocycles. The Morgan fingerprint density at radius 2 is 0.800 bits per heavy atom. The lowest BCUT2D eigenvalue weighted by molar-refractivity contribution is 0.628. The van der Waals surface area contributed by atoms with Gasteiger partial charge in [-0.05, 0) is 165 Å². The van der Waals surface area contributed by atoms with E-state index < -0.39 is 0 Å². The molecule has 4 aromatic heterocycles. The van der Waals surface area contributed by atoms with Gasteiger partial charge in [0.1, 0.15) is 17.0 Å². The average Bonchev–Trinajstić information content (AvgIpc) is 1.91. The zero-order valence-corrected chi connectivity index (χ0v) is 46.7. The van der Waals surface area contributed by atoms with E-state index in [0.29, 0.717) is 5.56 Å². The molecule has 0 spiro atoms. The predicted octanol–water partition coefficient (Wildman–Crippen LogP) is 23.5. The van der Waals surface area contributed by atoms with Crippen molar-refractivity contribution < 1.29 is 13.2 Å². The summed E-state index contributed by atoms with van der Waals surface area (Å²) in [5.41, 5.74) is 11.5. The fourth-order valence-corrected chi connectivity index (χ4v) is 15.7. The molecule has 0 bridgehead atoms. The average molecular weight is 1120 g/mol. The van der Waals surface area contributed by atoms with Crippen LogP contribution in [0.15, 0.2) is 264 Å².